The second-order valence-corrected chi connectivity index (χ2v) is 9.55. The lowest BCUT2D eigenvalue weighted by molar-refractivity contribution is 0.270. The van der Waals surface area contributed by atoms with E-state index in [0.717, 1.165) is 38.5 Å². The third-order valence-corrected chi connectivity index (χ3v) is 6.45. The minimum Gasteiger partial charge on any atom is -0.344 e. The summed E-state index contributed by atoms with van der Waals surface area (Å²) in [6.07, 6.45) is 19.5. The molecule has 1 unspecified atom stereocenters. The minimum absolute atomic E-state index is 0. The van der Waals surface area contributed by atoms with Gasteiger partial charge in [-0.1, -0.05) is 110 Å². The van der Waals surface area contributed by atoms with E-state index in [1.807, 2.05) is 0 Å². The summed E-state index contributed by atoms with van der Waals surface area (Å²) in [6.45, 7) is 4.48. The van der Waals surface area contributed by atoms with Crippen LogP contribution in [-0.4, -0.2) is 20.5 Å². The molecule has 0 aromatic carbocycles. The SMILES string of the molecule is CCCCCCCCCCCCCCOS(=O)(=O)C(F)CCCCCCC.N. The minimum atomic E-state index is -4.03. The summed E-state index contributed by atoms with van der Waals surface area (Å²) >= 11 is 0. The van der Waals surface area contributed by atoms with Crippen LogP contribution >= 0.6 is 0 Å². The summed E-state index contributed by atoms with van der Waals surface area (Å²) in [5.41, 5.74) is -1.86. The number of unbranched alkanes of at least 4 members (excludes halogenated alkanes) is 15. The van der Waals surface area contributed by atoms with Crippen LogP contribution in [0.4, 0.5) is 4.39 Å². The Kier molecular flexibility index (Phi) is 23.0. The quantitative estimate of drug-likeness (QED) is 0.150. The Hall–Kier alpha value is -0.200. The molecule has 0 spiro atoms. The molecule has 0 saturated heterocycles. The fourth-order valence-electron chi connectivity index (χ4n) is 3.24. The monoisotopic (exact) mass is 425 g/mol. The molecule has 0 aromatic heterocycles. The number of alkyl halides is 1. The molecule has 0 aliphatic carbocycles. The van der Waals surface area contributed by atoms with Gasteiger partial charge in [-0.15, -0.1) is 0 Å². The van der Waals surface area contributed by atoms with Gasteiger partial charge in [0.15, 0.2) is 0 Å². The lowest BCUT2D eigenvalue weighted by Gasteiger charge is -2.10. The van der Waals surface area contributed by atoms with Gasteiger partial charge in [-0.2, -0.15) is 8.42 Å². The second-order valence-electron chi connectivity index (χ2n) is 7.82. The maximum absolute atomic E-state index is 13.8. The van der Waals surface area contributed by atoms with Crippen LogP contribution in [-0.2, 0) is 14.3 Å². The Balaban J connectivity index is 0. The normalized spacial score (nSPS) is 12.7. The first kappa shape index (κ1) is 30.0. The predicted molar refractivity (Wildman–Crippen MR) is 119 cm³/mol. The van der Waals surface area contributed by atoms with Crippen LogP contribution in [0.5, 0.6) is 0 Å². The summed E-state index contributed by atoms with van der Waals surface area (Å²) in [4.78, 5) is 0. The molecule has 0 radical (unpaired) electrons. The van der Waals surface area contributed by atoms with E-state index < -0.39 is 15.6 Å². The maximum atomic E-state index is 13.8. The molecular weight excluding hydrogens is 377 g/mol. The third-order valence-electron chi connectivity index (χ3n) is 5.09. The van der Waals surface area contributed by atoms with Crippen LogP contribution in [0.25, 0.3) is 0 Å². The highest BCUT2D eigenvalue weighted by Crippen LogP contribution is 2.17. The Labute approximate surface area is 175 Å². The molecule has 0 aliphatic rings. The highest BCUT2D eigenvalue weighted by atomic mass is 32.2. The zero-order valence-corrected chi connectivity index (χ0v) is 19.5. The molecule has 1 atom stereocenters. The van der Waals surface area contributed by atoms with E-state index in [2.05, 4.69) is 13.8 Å². The van der Waals surface area contributed by atoms with E-state index in [-0.39, 0.29) is 19.2 Å². The average molecular weight is 426 g/mol. The molecule has 6 heteroatoms. The van der Waals surface area contributed by atoms with Gasteiger partial charge in [-0.25, -0.2) is 4.39 Å². The van der Waals surface area contributed by atoms with Crippen molar-refractivity contribution < 1.29 is 17.0 Å². The first-order valence-corrected chi connectivity index (χ1v) is 13.0. The standard InChI is InChI=1S/C22H45FO3S.H3N/c1-3-5-7-9-10-11-12-13-14-15-17-19-21-26-27(24,25)22(23)20-18-16-8-6-4-2;/h22H,3-21H2,1-2H3;1H3. The first-order valence-electron chi connectivity index (χ1n) is 11.6. The molecule has 0 rings (SSSR count). The van der Waals surface area contributed by atoms with Crippen molar-refractivity contribution in [2.75, 3.05) is 6.61 Å². The lowest BCUT2D eigenvalue weighted by Crippen LogP contribution is -2.19. The Morgan fingerprint density at radius 3 is 1.43 bits per heavy atom. The number of hydrogen-bond donors (Lipinski definition) is 1. The van der Waals surface area contributed by atoms with Gasteiger partial charge in [-0.3, -0.25) is 4.18 Å². The van der Waals surface area contributed by atoms with Gasteiger partial charge >= 0.3 is 0 Å². The van der Waals surface area contributed by atoms with Gasteiger partial charge in [0.25, 0.3) is 10.1 Å². The highest BCUT2D eigenvalue weighted by molar-refractivity contribution is 7.87. The van der Waals surface area contributed by atoms with Crippen molar-refractivity contribution >= 4 is 10.1 Å². The first-order chi connectivity index (χ1) is 13.0. The van der Waals surface area contributed by atoms with Crippen molar-refractivity contribution in [2.24, 2.45) is 0 Å². The summed E-state index contributed by atoms with van der Waals surface area (Å²) in [6, 6.07) is 0. The van der Waals surface area contributed by atoms with E-state index in [4.69, 9.17) is 4.18 Å². The summed E-state index contributed by atoms with van der Waals surface area (Å²) in [5.74, 6) is 0. The van der Waals surface area contributed by atoms with Crippen LogP contribution in [0.1, 0.15) is 129 Å². The maximum Gasteiger partial charge on any atom is 0.299 e. The van der Waals surface area contributed by atoms with Crippen molar-refractivity contribution in [1.29, 1.82) is 0 Å². The van der Waals surface area contributed by atoms with Crippen molar-refractivity contribution in [3.05, 3.63) is 0 Å². The fraction of sp³-hybridized carbons (Fsp3) is 1.00. The molecule has 0 amide bonds. The zero-order valence-electron chi connectivity index (χ0n) is 18.7. The van der Waals surface area contributed by atoms with Crippen molar-refractivity contribution in [1.82, 2.24) is 6.15 Å². The molecule has 0 aliphatic heterocycles. The predicted octanol–water partition coefficient (Wildman–Crippen LogP) is 7.85. The highest BCUT2D eigenvalue weighted by Gasteiger charge is 2.25. The van der Waals surface area contributed by atoms with E-state index in [1.165, 1.54) is 57.8 Å². The zero-order chi connectivity index (χ0) is 20.2. The molecule has 0 aromatic rings. The van der Waals surface area contributed by atoms with Gasteiger partial charge in [0, 0.05) is 0 Å². The second kappa shape index (κ2) is 21.5. The van der Waals surface area contributed by atoms with E-state index in [0.29, 0.717) is 12.8 Å². The van der Waals surface area contributed by atoms with Gasteiger partial charge in [0.1, 0.15) is 0 Å². The Morgan fingerprint density at radius 2 is 1.00 bits per heavy atom. The van der Waals surface area contributed by atoms with Gasteiger partial charge in [0.05, 0.1) is 6.61 Å². The van der Waals surface area contributed by atoms with E-state index in [9.17, 15) is 12.8 Å². The molecular formula is C22H48FNO3S. The van der Waals surface area contributed by atoms with Crippen LogP contribution in [0.2, 0.25) is 0 Å². The number of rotatable bonds is 21. The van der Waals surface area contributed by atoms with Crippen molar-refractivity contribution in [3.8, 4) is 0 Å². The number of halogens is 1. The smallest absolute Gasteiger partial charge is 0.299 e. The third kappa shape index (κ3) is 19.1. The van der Waals surface area contributed by atoms with Crippen LogP contribution in [0.15, 0.2) is 0 Å². The Morgan fingerprint density at radius 1 is 0.643 bits per heavy atom. The molecule has 0 bridgehead atoms. The molecule has 3 N–H and O–H groups in total. The van der Waals surface area contributed by atoms with Crippen LogP contribution in [0.3, 0.4) is 0 Å². The molecule has 4 nitrogen and oxygen atoms in total. The topological polar surface area (TPSA) is 78.4 Å². The van der Waals surface area contributed by atoms with Crippen LogP contribution < -0.4 is 6.15 Å². The van der Waals surface area contributed by atoms with E-state index >= 15 is 0 Å². The van der Waals surface area contributed by atoms with Crippen molar-refractivity contribution in [3.63, 3.8) is 0 Å². The van der Waals surface area contributed by atoms with Crippen molar-refractivity contribution in [2.45, 2.75) is 135 Å². The molecule has 0 fully saturated rings. The largest absolute Gasteiger partial charge is 0.344 e. The summed E-state index contributed by atoms with van der Waals surface area (Å²) < 4.78 is 42.2. The van der Waals surface area contributed by atoms with Gasteiger partial charge in [0.2, 0.25) is 5.50 Å². The number of hydrogen-bond acceptors (Lipinski definition) is 4. The fourth-order valence-corrected chi connectivity index (χ4v) is 4.20. The summed E-state index contributed by atoms with van der Waals surface area (Å²) in [5, 5.41) is 0. The molecule has 28 heavy (non-hydrogen) atoms. The van der Waals surface area contributed by atoms with Gasteiger partial charge < -0.3 is 6.15 Å². The Bertz CT molecular complexity index is 405. The lowest BCUT2D eigenvalue weighted by atomic mass is 10.1. The molecule has 0 saturated carbocycles. The van der Waals surface area contributed by atoms with E-state index in [1.54, 1.807) is 0 Å². The summed E-state index contributed by atoms with van der Waals surface area (Å²) in [7, 11) is -4.03. The molecule has 172 valence electrons. The van der Waals surface area contributed by atoms with Crippen LogP contribution in [0, 0.1) is 0 Å². The average Bonchev–Trinajstić information content (AvgIpc) is 2.65. The molecule has 0 heterocycles. The van der Waals surface area contributed by atoms with Gasteiger partial charge in [-0.05, 0) is 19.3 Å².